The summed E-state index contributed by atoms with van der Waals surface area (Å²) >= 11 is 0. The van der Waals surface area contributed by atoms with Gasteiger partial charge in [-0.05, 0) is 51.2 Å². The lowest BCUT2D eigenvalue weighted by molar-refractivity contribution is -0.160. The molecule has 0 aliphatic heterocycles. The molecule has 164 valence electrons. The number of imidazole rings is 1. The van der Waals surface area contributed by atoms with E-state index in [0.29, 0.717) is 22.8 Å². The summed E-state index contributed by atoms with van der Waals surface area (Å²) in [6, 6.07) is 1.92. The molecule has 31 heavy (non-hydrogen) atoms. The molecule has 0 aromatic carbocycles. The highest BCUT2D eigenvalue weighted by Gasteiger charge is 2.40. The van der Waals surface area contributed by atoms with Gasteiger partial charge in [-0.3, -0.25) is 4.79 Å². The van der Waals surface area contributed by atoms with Crippen LogP contribution in [0.15, 0.2) is 24.7 Å². The van der Waals surface area contributed by atoms with Gasteiger partial charge in [0.1, 0.15) is 5.65 Å². The molecule has 0 bridgehead atoms. The summed E-state index contributed by atoms with van der Waals surface area (Å²) in [7, 11) is 0. The van der Waals surface area contributed by atoms with Gasteiger partial charge in [0.15, 0.2) is 5.69 Å². The number of ether oxygens (including phenoxy) is 1. The van der Waals surface area contributed by atoms with Crippen LogP contribution < -0.4 is 0 Å². The molecular formula is C21H25N5O5. The third-order valence-electron chi connectivity index (χ3n) is 5.56. The number of aromatic carboxylic acids is 1. The zero-order valence-electron chi connectivity index (χ0n) is 17.6. The molecule has 1 saturated carbocycles. The second-order valence-electron chi connectivity index (χ2n) is 8.42. The van der Waals surface area contributed by atoms with Crippen LogP contribution in [0.3, 0.4) is 0 Å². The number of nitrogens with zero attached hydrogens (tertiary/aromatic N) is 5. The maximum absolute atomic E-state index is 12.5. The first-order valence-corrected chi connectivity index (χ1v) is 10.2. The quantitative estimate of drug-likeness (QED) is 0.523. The number of carbonyl (C=O) groups excluding carboxylic acids is 1. The average molecular weight is 427 g/mol. The number of aliphatic hydroxyl groups excluding tert-OH is 1. The van der Waals surface area contributed by atoms with E-state index in [0.717, 1.165) is 18.4 Å². The fourth-order valence-corrected chi connectivity index (χ4v) is 3.57. The van der Waals surface area contributed by atoms with E-state index in [1.165, 1.54) is 10.9 Å². The van der Waals surface area contributed by atoms with Gasteiger partial charge in [0.05, 0.1) is 36.6 Å². The molecule has 1 fully saturated rings. The highest BCUT2D eigenvalue weighted by Crippen LogP contribution is 2.43. The molecule has 10 heteroatoms. The summed E-state index contributed by atoms with van der Waals surface area (Å²) in [5, 5.41) is 27.6. The minimum atomic E-state index is -1.16. The second kappa shape index (κ2) is 7.77. The van der Waals surface area contributed by atoms with E-state index in [4.69, 9.17) is 9.84 Å². The first-order chi connectivity index (χ1) is 14.7. The van der Waals surface area contributed by atoms with Crippen LogP contribution in [0.2, 0.25) is 0 Å². The predicted molar refractivity (Wildman–Crippen MR) is 109 cm³/mol. The maximum atomic E-state index is 12.5. The number of pyridine rings is 1. The number of hydrogen-bond donors (Lipinski definition) is 2. The Morgan fingerprint density at radius 1 is 1.29 bits per heavy atom. The van der Waals surface area contributed by atoms with E-state index >= 15 is 0 Å². The molecule has 3 aromatic rings. The van der Waals surface area contributed by atoms with Crippen molar-refractivity contribution in [1.29, 1.82) is 0 Å². The number of fused-ring (bicyclic) bond motifs is 1. The summed E-state index contributed by atoms with van der Waals surface area (Å²) in [6.07, 6.45) is 6.19. The van der Waals surface area contributed by atoms with Crippen LogP contribution in [0.25, 0.3) is 5.65 Å². The molecule has 2 N–H and O–H groups in total. The van der Waals surface area contributed by atoms with E-state index in [1.807, 2.05) is 22.9 Å². The van der Waals surface area contributed by atoms with Crippen molar-refractivity contribution in [3.8, 4) is 0 Å². The zero-order chi connectivity index (χ0) is 22.3. The Bertz CT molecular complexity index is 1140. The summed E-state index contributed by atoms with van der Waals surface area (Å²) in [5.41, 5.74) is 1.48. The van der Waals surface area contributed by atoms with Gasteiger partial charge >= 0.3 is 11.9 Å². The average Bonchev–Trinajstić information content (AvgIpc) is 3.33. The first kappa shape index (κ1) is 21.0. The molecule has 1 unspecified atom stereocenters. The molecule has 1 aliphatic carbocycles. The molecule has 1 aliphatic rings. The van der Waals surface area contributed by atoms with Gasteiger partial charge in [0.25, 0.3) is 0 Å². The van der Waals surface area contributed by atoms with Gasteiger partial charge in [-0.15, -0.1) is 5.10 Å². The van der Waals surface area contributed by atoms with Crippen molar-refractivity contribution in [2.75, 3.05) is 6.61 Å². The molecule has 0 radical (unpaired) electrons. The number of carboxylic acids is 1. The lowest BCUT2D eigenvalue weighted by Gasteiger charge is -2.28. The van der Waals surface area contributed by atoms with Crippen molar-refractivity contribution in [3.05, 3.63) is 47.2 Å². The standard InChI is InChI=1S/C21H25N5O5/c1-4-31-20(30)21(2,3)17(27)15-7-13(12-5-6-12)8-25-9-14(22-18(15)25)10-26-11-16(19(28)29)23-24-26/h7-9,11-12,17,27H,4-6,10H2,1-3H3,(H,28,29). The number of esters is 1. The normalized spacial score (nSPS) is 15.2. The van der Waals surface area contributed by atoms with Gasteiger partial charge in [-0.2, -0.15) is 0 Å². The number of aliphatic hydroxyl groups is 1. The van der Waals surface area contributed by atoms with Gasteiger partial charge in [0, 0.05) is 18.0 Å². The number of rotatable bonds is 8. The molecule has 3 heterocycles. The predicted octanol–water partition coefficient (Wildman–Crippen LogP) is 2.17. The van der Waals surface area contributed by atoms with Crippen molar-refractivity contribution < 1.29 is 24.5 Å². The lowest BCUT2D eigenvalue weighted by Crippen LogP contribution is -2.33. The van der Waals surface area contributed by atoms with Crippen molar-refractivity contribution in [2.24, 2.45) is 5.41 Å². The summed E-state index contributed by atoms with van der Waals surface area (Å²) in [6.45, 7) is 5.49. The highest BCUT2D eigenvalue weighted by atomic mass is 16.5. The van der Waals surface area contributed by atoms with E-state index in [2.05, 4.69) is 15.3 Å². The summed E-state index contributed by atoms with van der Waals surface area (Å²) < 4.78 is 8.40. The first-order valence-electron chi connectivity index (χ1n) is 10.2. The Balaban J connectivity index is 1.73. The van der Waals surface area contributed by atoms with E-state index < -0.39 is 23.5 Å². The molecule has 0 spiro atoms. The SMILES string of the molecule is CCOC(=O)C(C)(C)C(O)c1cc(C2CC2)cn2cc(Cn3cc(C(=O)O)nn3)nc12. The van der Waals surface area contributed by atoms with Crippen molar-refractivity contribution >= 4 is 17.6 Å². The lowest BCUT2D eigenvalue weighted by atomic mass is 9.82. The van der Waals surface area contributed by atoms with Crippen molar-refractivity contribution in [3.63, 3.8) is 0 Å². The Morgan fingerprint density at radius 3 is 2.65 bits per heavy atom. The third-order valence-corrected chi connectivity index (χ3v) is 5.56. The third kappa shape index (κ3) is 4.02. The van der Waals surface area contributed by atoms with E-state index in [9.17, 15) is 14.7 Å². The number of aromatic nitrogens is 5. The second-order valence-corrected chi connectivity index (χ2v) is 8.42. The molecule has 0 saturated heterocycles. The summed E-state index contributed by atoms with van der Waals surface area (Å²) in [5.74, 6) is -1.20. The molecule has 0 amide bonds. The van der Waals surface area contributed by atoms with Crippen molar-refractivity contribution in [1.82, 2.24) is 24.4 Å². The van der Waals surface area contributed by atoms with Crippen molar-refractivity contribution in [2.45, 2.75) is 52.2 Å². The zero-order valence-corrected chi connectivity index (χ0v) is 17.6. The smallest absolute Gasteiger partial charge is 0.358 e. The Labute approximate surface area is 178 Å². The fraction of sp³-hybridized carbons (Fsp3) is 0.476. The van der Waals surface area contributed by atoms with Crippen LogP contribution in [0, 0.1) is 5.41 Å². The molecule has 4 rings (SSSR count). The highest BCUT2D eigenvalue weighted by molar-refractivity contribution is 5.84. The molecule has 10 nitrogen and oxygen atoms in total. The monoisotopic (exact) mass is 427 g/mol. The molecular weight excluding hydrogens is 402 g/mol. The van der Waals surface area contributed by atoms with Crippen LogP contribution in [-0.4, -0.2) is 53.1 Å². The van der Waals surface area contributed by atoms with Gasteiger partial charge in [-0.25, -0.2) is 14.5 Å². The number of carbonyl (C=O) groups is 2. The topological polar surface area (TPSA) is 132 Å². The van der Waals surface area contributed by atoms with Crippen LogP contribution in [-0.2, 0) is 16.1 Å². The fourth-order valence-electron chi connectivity index (χ4n) is 3.57. The van der Waals surface area contributed by atoms with Crippen LogP contribution >= 0.6 is 0 Å². The minimum Gasteiger partial charge on any atom is -0.476 e. The Hall–Kier alpha value is -3.27. The van der Waals surface area contributed by atoms with Gasteiger partial charge in [0.2, 0.25) is 0 Å². The largest absolute Gasteiger partial charge is 0.476 e. The van der Waals surface area contributed by atoms with Gasteiger partial charge in [-0.1, -0.05) is 5.21 Å². The maximum Gasteiger partial charge on any atom is 0.358 e. The molecule has 3 aromatic heterocycles. The van der Waals surface area contributed by atoms with Crippen LogP contribution in [0.1, 0.15) is 72.9 Å². The van der Waals surface area contributed by atoms with Crippen LogP contribution in [0.4, 0.5) is 0 Å². The van der Waals surface area contributed by atoms with E-state index in [1.54, 1.807) is 20.8 Å². The number of hydrogen-bond acceptors (Lipinski definition) is 7. The van der Waals surface area contributed by atoms with Crippen LogP contribution in [0.5, 0.6) is 0 Å². The molecule has 1 atom stereocenters. The Morgan fingerprint density at radius 2 is 2.03 bits per heavy atom. The minimum absolute atomic E-state index is 0.146. The number of carboxylic acid groups (broad SMARTS) is 1. The Kier molecular flexibility index (Phi) is 5.26. The summed E-state index contributed by atoms with van der Waals surface area (Å²) in [4.78, 5) is 28.1. The van der Waals surface area contributed by atoms with Gasteiger partial charge < -0.3 is 19.4 Å². The van der Waals surface area contributed by atoms with E-state index in [-0.39, 0.29) is 18.8 Å².